The standard InChI is InChI=1S/C19H18O3/c1-2-22-19(21)17-12-16(13-8-4-3-5-9-13)14-10-6-7-11-15(14)18(17)20/h3-11,16-17H,2,12H2,1H3. The van der Waals surface area contributed by atoms with Crippen molar-refractivity contribution >= 4 is 11.8 Å². The number of rotatable bonds is 3. The molecule has 0 aromatic heterocycles. The van der Waals surface area contributed by atoms with Crippen molar-refractivity contribution < 1.29 is 14.3 Å². The van der Waals surface area contributed by atoms with Gasteiger partial charge >= 0.3 is 5.97 Å². The Balaban J connectivity index is 2.05. The quantitative estimate of drug-likeness (QED) is 0.642. The Morgan fingerprint density at radius 3 is 2.50 bits per heavy atom. The second kappa shape index (κ2) is 6.14. The fourth-order valence-corrected chi connectivity index (χ4v) is 3.13. The van der Waals surface area contributed by atoms with Crippen molar-refractivity contribution in [3.8, 4) is 0 Å². The molecular weight excluding hydrogens is 276 g/mol. The molecule has 3 nitrogen and oxygen atoms in total. The van der Waals surface area contributed by atoms with E-state index in [4.69, 9.17) is 4.74 Å². The highest BCUT2D eigenvalue weighted by Gasteiger charge is 2.38. The lowest BCUT2D eigenvalue weighted by Gasteiger charge is -2.29. The predicted octanol–water partition coefficient (Wildman–Crippen LogP) is 3.58. The van der Waals surface area contributed by atoms with E-state index in [1.54, 1.807) is 13.0 Å². The van der Waals surface area contributed by atoms with E-state index in [1.165, 1.54) is 0 Å². The third kappa shape index (κ3) is 2.54. The van der Waals surface area contributed by atoms with Gasteiger partial charge in [-0.25, -0.2) is 0 Å². The maximum Gasteiger partial charge on any atom is 0.316 e. The van der Waals surface area contributed by atoms with Gasteiger partial charge in [0.05, 0.1) is 6.61 Å². The summed E-state index contributed by atoms with van der Waals surface area (Å²) in [5.41, 5.74) is 2.76. The molecule has 1 aliphatic carbocycles. The number of esters is 1. The molecule has 3 heteroatoms. The van der Waals surface area contributed by atoms with Gasteiger partial charge in [0, 0.05) is 11.5 Å². The van der Waals surface area contributed by atoms with Gasteiger partial charge in [-0.2, -0.15) is 0 Å². The van der Waals surface area contributed by atoms with Crippen molar-refractivity contribution in [1.29, 1.82) is 0 Å². The molecule has 0 amide bonds. The summed E-state index contributed by atoms with van der Waals surface area (Å²) in [5.74, 6) is -1.20. The van der Waals surface area contributed by atoms with Crippen molar-refractivity contribution in [2.75, 3.05) is 6.61 Å². The largest absolute Gasteiger partial charge is 0.465 e. The number of hydrogen-bond acceptors (Lipinski definition) is 3. The van der Waals surface area contributed by atoms with Crippen LogP contribution in [0.5, 0.6) is 0 Å². The second-order valence-corrected chi connectivity index (χ2v) is 5.46. The molecule has 0 fully saturated rings. The fourth-order valence-electron chi connectivity index (χ4n) is 3.13. The summed E-state index contributed by atoms with van der Waals surface area (Å²) < 4.78 is 5.09. The molecule has 2 aromatic carbocycles. The molecule has 22 heavy (non-hydrogen) atoms. The van der Waals surface area contributed by atoms with Crippen LogP contribution in [-0.4, -0.2) is 18.4 Å². The number of carbonyl (C=O) groups is 2. The number of hydrogen-bond donors (Lipinski definition) is 0. The zero-order chi connectivity index (χ0) is 15.5. The van der Waals surface area contributed by atoms with Gasteiger partial charge in [-0.15, -0.1) is 0 Å². The Morgan fingerprint density at radius 2 is 1.77 bits per heavy atom. The van der Waals surface area contributed by atoms with Crippen molar-refractivity contribution in [2.24, 2.45) is 5.92 Å². The van der Waals surface area contributed by atoms with E-state index in [9.17, 15) is 9.59 Å². The van der Waals surface area contributed by atoms with Crippen LogP contribution in [0.25, 0.3) is 0 Å². The Bertz CT molecular complexity index is 691. The third-order valence-electron chi connectivity index (χ3n) is 4.16. The van der Waals surface area contributed by atoms with E-state index in [0.717, 1.165) is 11.1 Å². The smallest absolute Gasteiger partial charge is 0.316 e. The van der Waals surface area contributed by atoms with Gasteiger partial charge in [-0.05, 0) is 24.5 Å². The Kier molecular flexibility index (Phi) is 4.05. The molecule has 0 spiro atoms. The minimum absolute atomic E-state index is 0.0458. The average molecular weight is 294 g/mol. The van der Waals surface area contributed by atoms with Crippen molar-refractivity contribution in [1.82, 2.24) is 0 Å². The first-order valence-corrected chi connectivity index (χ1v) is 7.57. The topological polar surface area (TPSA) is 43.4 Å². The van der Waals surface area contributed by atoms with Crippen LogP contribution >= 0.6 is 0 Å². The van der Waals surface area contributed by atoms with Crippen LogP contribution in [0.2, 0.25) is 0 Å². The summed E-state index contributed by atoms with van der Waals surface area (Å²) in [6.07, 6.45) is 0.471. The molecule has 0 aliphatic heterocycles. The van der Waals surface area contributed by atoms with Gasteiger partial charge in [-0.3, -0.25) is 9.59 Å². The summed E-state index contributed by atoms with van der Waals surface area (Å²) in [5, 5.41) is 0. The van der Waals surface area contributed by atoms with Crippen LogP contribution in [-0.2, 0) is 9.53 Å². The minimum Gasteiger partial charge on any atom is -0.465 e. The SMILES string of the molecule is CCOC(=O)C1CC(c2ccccc2)c2ccccc2C1=O. The molecule has 0 N–H and O–H groups in total. The van der Waals surface area contributed by atoms with Crippen molar-refractivity contribution in [3.63, 3.8) is 0 Å². The second-order valence-electron chi connectivity index (χ2n) is 5.46. The Hall–Kier alpha value is -2.42. The summed E-state index contributed by atoms with van der Waals surface area (Å²) in [4.78, 5) is 24.8. The van der Waals surface area contributed by atoms with E-state index in [1.807, 2.05) is 48.5 Å². The highest BCUT2D eigenvalue weighted by atomic mass is 16.5. The minimum atomic E-state index is -0.708. The number of benzene rings is 2. The van der Waals surface area contributed by atoms with Gasteiger partial charge in [0.2, 0.25) is 0 Å². The number of ether oxygens (including phenoxy) is 1. The first-order valence-electron chi connectivity index (χ1n) is 7.57. The maximum absolute atomic E-state index is 12.6. The van der Waals surface area contributed by atoms with E-state index in [0.29, 0.717) is 18.6 Å². The highest BCUT2D eigenvalue weighted by molar-refractivity contribution is 6.10. The summed E-state index contributed by atoms with van der Waals surface area (Å²) in [6.45, 7) is 2.05. The van der Waals surface area contributed by atoms with E-state index < -0.39 is 11.9 Å². The number of ketones is 1. The summed E-state index contributed by atoms with van der Waals surface area (Å²) in [6, 6.07) is 17.6. The summed E-state index contributed by atoms with van der Waals surface area (Å²) in [7, 11) is 0. The zero-order valence-electron chi connectivity index (χ0n) is 12.5. The number of carbonyl (C=O) groups excluding carboxylic acids is 2. The number of Topliss-reactive ketones (excluding diaryl/α,β-unsaturated/α-hetero) is 1. The number of fused-ring (bicyclic) bond motifs is 1. The molecule has 2 atom stereocenters. The van der Waals surface area contributed by atoms with Crippen LogP contribution < -0.4 is 0 Å². The molecule has 2 unspecified atom stereocenters. The van der Waals surface area contributed by atoms with E-state index in [2.05, 4.69) is 0 Å². The first-order chi connectivity index (χ1) is 10.7. The first kappa shape index (κ1) is 14.5. The van der Waals surface area contributed by atoms with Crippen LogP contribution in [0, 0.1) is 5.92 Å². The average Bonchev–Trinajstić information content (AvgIpc) is 2.56. The molecule has 0 bridgehead atoms. The van der Waals surface area contributed by atoms with Gasteiger partial charge in [0.15, 0.2) is 5.78 Å². The van der Waals surface area contributed by atoms with Crippen LogP contribution in [0.15, 0.2) is 54.6 Å². The highest BCUT2D eigenvalue weighted by Crippen LogP contribution is 2.39. The van der Waals surface area contributed by atoms with Crippen LogP contribution in [0.4, 0.5) is 0 Å². The maximum atomic E-state index is 12.6. The van der Waals surface area contributed by atoms with E-state index in [-0.39, 0.29) is 11.7 Å². The van der Waals surface area contributed by atoms with Crippen LogP contribution in [0.3, 0.4) is 0 Å². The lowest BCUT2D eigenvalue weighted by Crippen LogP contribution is -2.33. The van der Waals surface area contributed by atoms with Crippen molar-refractivity contribution in [3.05, 3.63) is 71.3 Å². The van der Waals surface area contributed by atoms with Gasteiger partial charge in [-0.1, -0.05) is 54.6 Å². The molecule has 112 valence electrons. The van der Waals surface area contributed by atoms with Gasteiger partial charge < -0.3 is 4.74 Å². The lowest BCUT2D eigenvalue weighted by atomic mass is 9.73. The molecule has 0 heterocycles. The normalized spacial score (nSPS) is 20.3. The van der Waals surface area contributed by atoms with Gasteiger partial charge in [0.25, 0.3) is 0 Å². The molecule has 0 saturated heterocycles. The summed E-state index contributed by atoms with van der Waals surface area (Å²) >= 11 is 0. The molecule has 0 saturated carbocycles. The molecule has 1 aliphatic rings. The van der Waals surface area contributed by atoms with Crippen LogP contribution in [0.1, 0.15) is 40.7 Å². The van der Waals surface area contributed by atoms with Gasteiger partial charge in [0.1, 0.15) is 5.92 Å². The molecule has 0 radical (unpaired) electrons. The monoisotopic (exact) mass is 294 g/mol. The lowest BCUT2D eigenvalue weighted by molar-refractivity contribution is -0.146. The molecule has 2 aromatic rings. The third-order valence-corrected chi connectivity index (χ3v) is 4.16. The zero-order valence-corrected chi connectivity index (χ0v) is 12.5. The van der Waals surface area contributed by atoms with E-state index >= 15 is 0 Å². The predicted molar refractivity (Wildman–Crippen MR) is 83.8 cm³/mol. The molecule has 3 rings (SSSR count). The fraction of sp³-hybridized carbons (Fsp3) is 0.263. The Morgan fingerprint density at radius 1 is 1.09 bits per heavy atom. The molecular formula is C19H18O3. The van der Waals surface area contributed by atoms with Crippen molar-refractivity contribution in [2.45, 2.75) is 19.3 Å². The Labute approximate surface area is 129 Å².